The predicted octanol–water partition coefficient (Wildman–Crippen LogP) is 1.20. The van der Waals surface area contributed by atoms with Crippen molar-refractivity contribution < 1.29 is 4.79 Å². The van der Waals surface area contributed by atoms with Crippen LogP contribution in [0.25, 0.3) is 0 Å². The highest BCUT2D eigenvalue weighted by Crippen LogP contribution is 1.95. The van der Waals surface area contributed by atoms with Crippen molar-refractivity contribution in [2.75, 3.05) is 34.2 Å². The molecule has 3 nitrogen and oxygen atoms in total. The molecule has 0 rings (SSSR count). The highest BCUT2D eigenvalue weighted by Gasteiger charge is 2.05. The summed E-state index contributed by atoms with van der Waals surface area (Å²) in [5.74, 6) is 0.211. The van der Waals surface area contributed by atoms with Crippen LogP contribution in [0.4, 0.5) is 0 Å². The molecule has 0 bridgehead atoms. The maximum Gasteiger partial charge on any atom is 0.223 e. The molecule has 0 saturated heterocycles. The molecule has 0 aromatic carbocycles. The van der Waals surface area contributed by atoms with Crippen LogP contribution in [0.15, 0.2) is 0 Å². The first-order valence-corrected chi connectivity index (χ1v) is 4.96. The third-order valence-corrected chi connectivity index (χ3v) is 2.10. The predicted molar refractivity (Wildman–Crippen MR) is 55.7 cm³/mol. The first-order valence-electron chi connectivity index (χ1n) is 4.96. The van der Waals surface area contributed by atoms with Crippen LogP contribution in [0, 0.1) is 0 Å². The quantitative estimate of drug-likeness (QED) is 0.622. The molecule has 0 radical (unpaired) electrons. The fourth-order valence-corrected chi connectivity index (χ4v) is 1.05. The van der Waals surface area contributed by atoms with Crippen LogP contribution in [0.2, 0.25) is 0 Å². The summed E-state index contributed by atoms with van der Waals surface area (Å²) < 4.78 is 0. The number of rotatable bonds is 6. The molecule has 0 unspecified atom stereocenters. The van der Waals surface area contributed by atoms with Gasteiger partial charge in [-0.1, -0.05) is 13.3 Å². The van der Waals surface area contributed by atoms with Crippen molar-refractivity contribution >= 4 is 5.91 Å². The smallest absolute Gasteiger partial charge is 0.223 e. The second-order valence-corrected chi connectivity index (χ2v) is 3.69. The van der Waals surface area contributed by atoms with Crippen LogP contribution in [-0.2, 0) is 4.79 Å². The van der Waals surface area contributed by atoms with Gasteiger partial charge in [-0.15, -0.1) is 0 Å². The zero-order valence-electron chi connectivity index (χ0n) is 9.34. The van der Waals surface area contributed by atoms with E-state index in [1.165, 1.54) is 12.8 Å². The summed E-state index contributed by atoms with van der Waals surface area (Å²) in [4.78, 5) is 15.1. The molecule has 0 aliphatic heterocycles. The molecule has 0 atom stereocenters. The molecular formula is C10H22N2O. The summed E-state index contributed by atoms with van der Waals surface area (Å²) in [6, 6.07) is 0. The van der Waals surface area contributed by atoms with Gasteiger partial charge < -0.3 is 9.80 Å². The second kappa shape index (κ2) is 6.89. The lowest BCUT2D eigenvalue weighted by Gasteiger charge is -2.17. The van der Waals surface area contributed by atoms with E-state index in [2.05, 4.69) is 18.9 Å². The second-order valence-electron chi connectivity index (χ2n) is 3.69. The Balaban J connectivity index is 3.46. The van der Waals surface area contributed by atoms with Gasteiger partial charge in [0.05, 0.1) is 0 Å². The molecule has 0 saturated carbocycles. The SMILES string of the molecule is CCCCN(C)CCC(=O)N(C)C. The molecule has 0 spiro atoms. The van der Waals surface area contributed by atoms with E-state index < -0.39 is 0 Å². The Morgan fingerprint density at radius 2 is 1.77 bits per heavy atom. The Kier molecular flexibility index (Phi) is 6.59. The number of hydrogen-bond donors (Lipinski definition) is 0. The average molecular weight is 186 g/mol. The zero-order valence-corrected chi connectivity index (χ0v) is 9.34. The molecule has 0 aromatic rings. The first-order chi connectivity index (χ1) is 6.07. The number of carbonyl (C=O) groups excluding carboxylic acids is 1. The molecule has 0 N–H and O–H groups in total. The minimum absolute atomic E-state index is 0.211. The van der Waals surface area contributed by atoms with Crippen molar-refractivity contribution in [3.05, 3.63) is 0 Å². The van der Waals surface area contributed by atoms with Crippen molar-refractivity contribution in [2.45, 2.75) is 26.2 Å². The molecule has 0 aromatic heterocycles. The average Bonchev–Trinajstić information content (AvgIpc) is 2.10. The fraction of sp³-hybridized carbons (Fsp3) is 0.900. The van der Waals surface area contributed by atoms with Crippen molar-refractivity contribution in [1.29, 1.82) is 0 Å². The first kappa shape index (κ1) is 12.4. The van der Waals surface area contributed by atoms with Crippen molar-refractivity contribution in [1.82, 2.24) is 9.80 Å². The topological polar surface area (TPSA) is 23.6 Å². The van der Waals surface area contributed by atoms with E-state index in [1.54, 1.807) is 19.0 Å². The van der Waals surface area contributed by atoms with E-state index >= 15 is 0 Å². The van der Waals surface area contributed by atoms with Gasteiger partial charge in [0.25, 0.3) is 0 Å². The van der Waals surface area contributed by atoms with Crippen LogP contribution < -0.4 is 0 Å². The van der Waals surface area contributed by atoms with Crippen LogP contribution in [-0.4, -0.2) is 49.9 Å². The van der Waals surface area contributed by atoms with Gasteiger partial charge in [-0.3, -0.25) is 4.79 Å². The summed E-state index contributed by atoms with van der Waals surface area (Å²) in [7, 11) is 5.67. The molecule has 0 aliphatic carbocycles. The van der Waals surface area contributed by atoms with Crippen molar-refractivity contribution in [3.8, 4) is 0 Å². The summed E-state index contributed by atoms with van der Waals surface area (Å²) in [5, 5.41) is 0. The van der Waals surface area contributed by atoms with E-state index in [1.807, 2.05) is 0 Å². The van der Waals surface area contributed by atoms with Gasteiger partial charge in [-0.25, -0.2) is 0 Å². The maximum atomic E-state index is 11.2. The lowest BCUT2D eigenvalue weighted by molar-refractivity contribution is -0.128. The van der Waals surface area contributed by atoms with Crippen LogP contribution >= 0.6 is 0 Å². The monoisotopic (exact) mass is 186 g/mol. The molecule has 78 valence electrons. The van der Waals surface area contributed by atoms with Gasteiger partial charge in [-0.05, 0) is 20.0 Å². The van der Waals surface area contributed by atoms with E-state index in [-0.39, 0.29) is 5.91 Å². The van der Waals surface area contributed by atoms with Gasteiger partial charge in [-0.2, -0.15) is 0 Å². The summed E-state index contributed by atoms with van der Waals surface area (Å²) in [6.45, 7) is 4.15. The van der Waals surface area contributed by atoms with Crippen molar-refractivity contribution in [3.63, 3.8) is 0 Å². The lowest BCUT2D eigenvalue weighted by atomic mass is 10.3. The number of nitrogens with zero attached hydrogens (tertiary/aromatic N) is 2. The molecular weight excluding hydrogens is 164 g/mol. The number of amides is 1. The minimum atomic E-state index is 0.211. The van der Waals surface area contributed by atoms with Gasteiger partial charge in [0.15, 0.2) is 0 Å². The van der Waals surface area contributed by atoms with Gasteiger partial charge in [0.1, 0.15) is 0 Å². The van der Waals surface area contributed by atoms with Crippen LogP contribution in [0.3, 0.4) is 0 Å². The van der Waals surface area contributed by atoms with Crippen LogP contribution in [0.5, 0.6) is 0 Å². The minimum Gasteiger partial charge on any atom is -0.349 e. The fourth-order valence-electron chi connectivity index (χ4n) is 1.05. The number of unbranched alkanes of at least 4 members (excludes halogenated alkanes) is 1. The zero-order chi connectivity index (χ0) is 10.3. The maximum absolute atomic E-state index is 11.2. The standard InChI is InChI=1S/C10H22N2O/c1-5-6-8-12(4)9-7-10(13)11(2)3/h5-9H2,1-4H3. The van der Waals surface area contributed by atoms with E-state index in [0.29, 0.717) is 6.42 Å². The Bertz CT molecular complexity index is 146. The summed E-state index contributed by atoms with van der Waals surface area (Å²) >= 11 is 0. The molecule has 13 heavy (non-hydrogen) atoms. The lowest BCUT2D eigenvalue weighted by Crippen LogP contribution is -2.28. The van der Waals surface area contributed by atoms with Crippen LogP contribution in [0.1, 0.15) is 26.2 Å². The Morgan fingerprint density at radius 3 is 2.23 bits per heavy atom. The summed E-state index contributed by atoms with van der Waals surface area (Å²) in [6.07, 6.45) is 3.06. The molecule has 1 amide bonds. The third-order valence-electron chi connectivity index (χ3n) is 2.10. The normalized spacial score (nSPS) is 10.5. The third kappa shape index (κ3) is 6.58. The molecule has 0 heterocycles. The van der Waals surface area contributed by atoms with Crippen molar-refractivity contribution in [2.24, 2.45) is 0 Å². The Hall–Kier alpha value is -0.570. The Morgan fingerprint density at radius 1 is 1.15 bits per heavy atom. The molecule has 0 fully saturated rings. The highest BCUT2D eigenvalue weighted by molar-refractivity contribution is 5.75. The highest BCUT2D eigenvalue weighted by atomic mass is 16.2. The van der Waals surface area contributed by atoms with E-state index in [0.717, 1.165) is 13.1 Å². The van der Waals surface area contributed by atoms with E-state index in [4.69, 9.17) is 0 Å². The van der Waals surface area contributed by atoms with Gasteiger partial charge in [0.2, 0.25) is 5.91 Å². The summed E-state index contributed by atoms with van der Waals surface area (Å²) in [5.41, 5.74) is 0. The molecule has 0 aliphatic rings. The van der Waals surface area contributed by atoms with E-state index in [9.17, 15) is 4.79 Å². The largest absolute Gasteiger partial charge is 0.349 e. The molecule has 3 heteroatoms. The number of hydrogen-bond acceptors (Lipinski definition) is 2. The van der Waals surface area contributed by atoms with Gasteiger partial charge >= 0.3 is 0 Å². The Labute approximate surface area is 81.7 Å². The number of carbonyl (C=O) groups is 1. The van der Waals surface area contributed by atoms with Gasteiger partial charge in [0, 0.05) is 27.1 Å².